The van der Waals surface area contributed by atoms with Crippen LogP contribution in [-0.4, -0.2) is 36.2 Å². The maximum atomic E-state index is 5.43. The molecule has 0 aromatic heterocycles. The molecule has 98 valence electrons. The second-order valence-electron chi connectivity index (χ2n) is 4.79. The predicted molar refractivity (Wildman–Crippen MR) is 81.0 cm³/mol. The first-order chi connectivity index (χ1) is 8.63. The van der Waals surface area contributed by atoms with Gasteiger partial charge in [-0.05, 0) is 69.5 Å². The Balaban J connectivity index is 1.88. The highest BCUT2D eigenvalue weighted by atomic mass is 32.1. The van der Waals surface area contributed by atoms with Gasteiger partial charge in [-0.2, -0.15) is 0 Å². The summed E-state index contributed by atoms with van der Waals surface area (Å²) >= 11 is 4.80. The minimum absolute atomic E-state index is 0.297. The Morgan fingerprint density at radius 3 is 2.33 bits per heavy atom. The topological polar surface area (TPSA) is 53.3 Å². The average molecular weight is 264 g/mol. The first kappa shape index (κ1) is 13.1. The van der Waals surface area contributed by atoms with Gasteiger partial charge < -0.3 is 21.3 Å². The molecule has 0 bridgehead atoms. The fourth-order valence-corrected chi connectivity index (χ4v) is 2.30. The zero-order chi connectivity index (χ0) is 13.0. The van der Waals surface area contributed by atoms with Crippen molar-refractivity contribution in [1.82, 2.24) is 4.90 Å². The van der Waals surface area contributed by atoms with Crippen LogP contribution in [0.15, 0.2) is 24.3 Å². The number of hydrogen-bond acceptors (Lipinski definition) is 3. The molecule has 0 unspecified atom stereocenters. The summed E-state index contributed by atoms with van der Waals surface area (Å²) in [4.78, 5) is 2.37. The number of rotatable bonds is 3. The van der Waals surface area contributed by atoms with Crippen LogP contribution in [0.4, 0.5) is 11.4 Å². The molecule has 0 atom stereocenters. The van der Waals surface area contributed by atoms with E-state index in [1.807, 2.05) is 12.1 Å². The van der Waals surface area contributed by atoms with Crippen LogP contribution in [0.25, 0.3) is 0 Å². The Morgan fingerprint density at radius 1 is 1.22 bits per heavy atom. The predicted octanol–water partition coefficient (Wildman–Crippen LogP) is 1.85. The van der Waals surface area contributed by atoms with Gasteiger partial charge in [0.15, 0.2) is 5.11 Å². The molecule has 1 aliphatic rings. The molecule has 2 rings (SSSR count). The number of nitrogens with one attached hydrogen (secondary N) is 2. The van der Waals surface area contributed by atoms with Gasteiger partial charge in [0, 0.05) is 17.4 Å². The second kappa shape index (κ2) is 6.02. The van der Waals surface area contributed by atoms with Crippen LogP contribution in [0.2, 0.25) is 0 Å². The molecule has 1 heterocycles. The summed E-state index contributed by atoms with van der Waals surface area (Å²) in [6.07, 6.45) is 2.40. The molecule has 4 nitrogen and oxygen atoms in total. The van der Waals surface area contributed by atoms with Crippen molar-refractivity contribution < 1.29 is 0 Å². The van der Waals surface area contributed by atoms with Gasteiger partial charge in [0.25, 0.3) is 0 Å². The van der Waals surface area contributed by atoms with Crippen molar-refractivity contribution in [3.8, 4) is 0 Å². The molecule has 0 aliphatic carbocycles. The molecular weight excluding hydrogens is 244 g/mol. The smallest absolute Gasteiger partial charge is 0.168 e. The van der Waals surface area contributed by atoms with Gasteiger partial charge in [-0.15, -0.1) is 0 Å². The van der Waals surface area contributed by atoms with E-state index in [1.165, 1.54) is 25.9 Å². The van der Waals surface area contributed by atoms with Gasteiger partial charge in [0.05, 0.1) is 0 Å². The van der Waals surface area contributed by atoms with E-state index >= 15 is 0 Å². The number of benzene rings is 1. The number of anilines is 2. The van der Waals surface area contributed by atoms with E-state index in [-0.39, 0.29) is 0 Å². The molecule has 4 N–H and O–H groups in total. The molecular formula is C13H20N4S. The quantitative estimate of drug-likeness (QED) is 0.728. The maximum Gasteiger partial charge on any atom is 0.168 e. The van der Waals surface area contributed by atoms with Crippen molar-refractivity contribution in [2.75, 3.05) is 30.8 Å². The Kier molecular flexibility index (Phi) is 4.38. The highest BCUT2D eigenvalue weighted by molar-refractivity contribution is 7.80. The lowest BCUT2D eigenvalue weighted by atomic mass is 10.1. The summed E-state index contributed by atoms with van der Waals surface area (Å²) in [6.45, 7) is 2.33. The van der Waals surface area contributed by atoms with Crippen LogP contribution >= 0.6 is 12.2 Å². The van der Waals surface area contributed by atoms with Crippen molar-refractivity contribution in [1.29, 1.82) is 0 Å². The third kappa shape index (κ3) is 3.85. The fraction of sp³-hybridized carbons (Fsp3) is 0.462. The molecule has 1 aromatic rings. The molecule has 1 fully saturated rings. The molecule has 18 heavy (non-hydrogen) atoms. The third-order valence-corrected chi connectivity index (χ3v) is 3.34. The number of thiocarbonyl (C=S) groups is 1. The van der Waals surface area contributed by atoms with Crippen LogP contribution in [0, 0.1) is 0 Å². The van der Waals surface area contributed by atoms with Crippen molar-refractivity contribution in [3.63, 3.8) is 0 Å². The minimum atomic E-state index is 0.297. The van der Waals surface area contributed by atoms with Crippen LogP contribution in [0.3, 0.4) is 0 Å². The van der Waals surface area contributed by atoms with E-state index in [2.05, 4.69) is 34.7 Å². The standard InChI is InChI=1S/C13H20N4S/c1-17-8-6-12(7-9-17)15-10-2-4-11(5-3-10)16-13(14)18/h2-5,12,15H,6-9H2,1H3,(H3,14,16,18). The minimum Gasteiger partial charge on any atom is -0.382 e. The second-order valence-corrected chi connectivity index (χ2v) is 5.23. The number of piperidine rings is 1. The molecule has 1 saturated heterocycles. The lowest BCUT2D eigenvalue weighted by molar-refractivity contribution is 0.264. The first-order valence-corrected chi connectivity index (χ1v) is 6.66. The van der Waals surface area contributed by atoms with Gasteiger partial charge >= 0.3 is 0 Å². The van der Waals surface area contributed by atoms with Crippen LogP contribution in [-0.2, 0) is 0 Å². The highest BCUT2D eigenvalue weighted by Gasteiger charge is 2.15. The van der Waals surface area contributed by atoms with Crippen LogP contribution in [0.1, 0.15) is 12.8 Å². The molecule has 0 saturated carbocycles. The van der Waals surface area contributed by atoms with Crippen molar-refractivity contribution >= 4 is 28.7 Å². The number of likely N-dealkylation sites (tertiary alicyclic amines) is 1. The molecule has 0 amide bonds. The van der Waals surface area contributed by atoms with E-state index in [9.17, 15) is 0 Å². The van der Waals surface area contributed by atoms with E-state index in [0.717, 1.165) is 11.4 Å². The Labute approximate surface area is 114 Å². The summed E-state index contributed by atoms with van der Waals surface area (Å²) in [5, 5.41) is 6.78. The van der Waals surface area contributed by atoms with Gasteiger partial charge in [0.2, 0.25) is 0 Å². The van der Waals surface area contributed by atoms with Crippen molar-refractivity contribution in [2.45, 2.75) is 18.9 Å². The number of nitrogens with zero attached hydrogens (tertiary/aromatic N) is 1. The summed E-state index contributed by atoms with van der Waals surface area (Å²) < 4.78 is 0. The lowest BCUT2D eigenvalue weighted by Crippen LogP contribution is -2.36. The SMILES string of the molecule is CN1CCC(Nc2ccc(NC(N)=S)cc2)CC1. The average Bonchev–Trinajstić information content (AvgIpc) is 2.34. The lowest BCUT2D eigenvalue weighted by Gasteiger charge is -2.30. The number of nitrogens with two attached hydrogens (primary N) is 1. The first-order valence-electron chi connectivity index (χ1n) is 6.25. The van der Waals surface area contributed by atoms with Gasteiger partial charge in [-0.3, -0.25) is 0 Å². The van der Waals surface area contributed by atoms with E-state index in [1.54, 1.807) is 0 Å². The van der Waals surface area contributed by atoms with Crippen LogP contribution < -0.4 is 16.4 Å². The van der Waals surface area contributed by atoms with Gasteiger partial charge in [0.1, 0.15) is 0 Å². The molecule has 1 aromatic carbocycles. The van der Waals surface area contributed by atoms with E-state index in [0.29, 0.717) is 11.2 Å². The largest absolute Gasteiger partial charge is 0.382 e. The summed E-state index contributed by atoms with van der Waals surface area (Å²) in [7, 11) is 2.17. The molecule has 5 heteroatoms. The van der Waals surface area contributed by atoms with E-state index in [4.69, 9.17) is 18.0 Å². The zero-order valence-corrected chi connectivity index (χ0v) is 11.5. The summed E-state index contributed by atoms with van der Waals surface area (Å²) in [5.41, 5.74) is 7.50. The Hall–Kier alpha value is -1.33. The monoisotopic (exact) mass is 264 g/mol. The Morgan fingerprint density at radius 2 is 1.78 bits per heavy atom. The normalized spacial score (nSPS) is 17.4. The van der Waals surface area contributed by atoms with Gasteiger partial charge in [-0.25, -0.2) is 0 Å². The highest BCUT2D eigenvalue weighted by Crippen LogP contribution is 2.18. The van der Waals surface area contributed by atoms with Crippen molar-refractivity contribution in [2.24, 2.45) is 5.73 Å². The third-order valence-electron chi connectivity index (χ3n) is 3.24. The Bertz CT molecular complexity index is 396. The summed E-state index contributed by atoms with van der Waals surface area (Å²) in [6, 6.07) is 8.65. The number of hydrogen-bond donors (Lipinski definition) is 3. The van der Waals surface area contributed by atoms with Crippen molar-refractivity contribution in [3.05, 3.63) is 24.3 Å². The van der Waals surface area contributed by atoms with Gasteiger partial charge in [-0.1, -0.05) is 0 Å². The summed E-state index contributed by atoms with van der Waals surface area (Å²) in [5.74, 6) is 0. The maximum absolute atomic E-state index is 5.43. The zero-order valence-electron chi connectivity index (χ0n) is 10.6. The van der Waals surface area contributed by atoms with E-state index < -0.39 is 0 Å². The van der Waals surface area contributed by atoms with Crippen LogP contribution in [0.5, 0.6) is 0 Å². The fourth-order valence-electron chi connectivity index (χ4n) is 2.18. The molecule has 0 radical (unpaired) electrons. The molecule has 1 aliphatic heterocycles. The molecule has 0 spiro atoms.